The zero-order chi connectivity index (χ0) is 20.6. The van der Waals surface area contributed by atoms with Gasteiger partial charge < -0.3 is 20.1 Å². The first kappa shape index (κ1) is 19.9. The summed E-state index contributed by atoms with van der Waals surface area (Å²) in [6.45, 7) is 2.80. The number of halogens is 3. The van der Waals surface area contributed by atoms with Crippen LogP contribution in [0, 0.1) is 0 Å². The van der Waals surface area contributed by atoms with Crippen molar-refractivity contribution < 1.29 is 23.0 Å². The number of alkyl halides is 3. The van der Waals surface area contributed by atoms with E-state index in [2.05, 4.69) is 27.5 Å². The molecule has 0 saturated carbocycles. The third-order valence-electron chi connectivity index (χ3n) is 5.47. The molecule has 29 heavy (non-hydrogen) atoms. The molecule has 2 aliphatic heterocycles. The molecule has 1 fully saturated rings. The summed E-state index contributed by atoms with van der Waals surface area (Å²) in [6, 6.07) is 3.18. The predicted octanol–water partition coefficient (Wildman–Crippen LogP) is 3.45. The first-order valence-electron chi connectivity index (χ1n) is 9.65. The lowest BCUT2D eigenvalue weighted by Gasteiger charge is -2.31. The van der Waals surface area contributed by atoms with Crippen molar-refractivity contribution in [3.05, 3.63) is 34.9 Å². The van der Waals surface area contributed by atoms with E-state index in [9.17, 15) is 18.3 Å². The van der Waals surface area contributed by atoms with Gasteiger partial charge in [-0.3, -0.25) is 0 Å². The third kappa shape index (κ3) is 4.16. The van der Waals surface area contributed by atoms with Crippen molar-refractivity contribution in [3.8, 4) is 17.0 Å². The SMILES string of the molecule is CN1CCC[C@@H](Nc2nnc(-c3ccc(C(F)(F)F)cc3O)c3c2COCC3)C1. The number of ether oxygens (including phenoxy) is 1. The molecule has 9 heteroatoms. The summed E-state index contributed by atoms with van der Waals surface area (Å²) in [4.78, 5) is 2.26. The molecule has 0 spiro atoms. The topological polar surface area (TPSA) is 70.5 Å². The number of likely N-dealkylation sites (tertiary alicyclic amines) is 1. The van der Waals surface area contributed by atoms with Crippen LogP contribution in [0.25, 0.3) is 11.3 Å². The average Bonchev–Trinajstić information content (AvgIpc) is 2.68. The number of hydrogen-bond donors (Lipinski definition) is 2. The van der Waals surface area contributed by atoms with Crippen LogP contribution in [0.1, 0.15) is 29.5 Å². The Balaban J connectivity index is 1.69. The molecule has 4 rings (SSSR count). The van der Waals surface area contributed by atoms with Crippen molar-refractivity contribution in [1.82, 2.24) is 15.1 Å². The zero-order valence-electron chi connectivity index (χ0n) is 16.1. The average molecular weight is 408 g/mol. The van der Waals surface area contributed by atoms with Crippen molar-refractivity contribution in [3.63, 3.8) is 0 Å². The Kier molecular flexibility index (Phi) is 5.35. The number of aromatic nitrogens is 2. The highest BCUT2D eigenvalue weighted by molar-refractivity contribution is 5.73. The molecule has 1 aromatic heterocycles. The van der Waals surface area contributed by atoms with E-state index in [0.29, 0.717) is 31.1 Å². The molecule has 0 radical (unpaired) electrons. The smallest absolute Gasteiger partial charge is 0.416 e. The summed E-state index contributed by atoms with van der Waals surface area (Å²) in [5.41, 5.74) is 1.46. The van der Waals surface area contributed by atoms with E-state index in [1.807, 2.05) is 0 Å². The molecule has 2 N–H and O–H groups in total. The molecule has 0 amide bonds. The molecule has 156 valence electrons. The largest absolute Gasteiger partial charge is 0.507 e. The number of nitrogens with one attached hydrogen (secondary N) is 1. The molecular formula is C20H23F3N4O2. The minimum Gasteiger partial charge on any atom is -0.507 e. The molecule has 0 bridgehead atoms. The number of anilines is 1. The highest BCUT2D eigenvalue weighted by Gasteiger charge is 2.32. The third-order valence-corrected chi connectivity index (χ3v) is 5.47. The summed E-state index contributed by atoms with van der Waals surface area (Å²) >= 11 is 0. The van der Waals surface area contributed by atoms with Crippen molar-refractivity contribution in [2.75, 3.05) is 32.1 Å². The van der Waals surface area contributed by atoms with Crippen LogP contribution in [-0.4, -0.2) is 53.0 Å². The van der Waals surface area contributed by atoms with Crippen LogP contribution in [0.3, 0.4) is 0 Å². The molecule has 1 aromatic carbocycles. The van der Waals surface area contributed by atoms with Crippen LogP contribution in [0.4, 0.5) is 19.0 Å². The molecule has 0 aliphatic carbocycles. The summed E-state index contributed by atoms with van der Waals surface area (Å²) in [6.07, 6.45) is -1.84. The van der Waals surface area contributed by atoms with Gasteiger partial charge >= 0.3 is 6.18 Å². The Labute approximate surface area is 166 Å². The molecule has 0 unspecified atom stereocenters. The molecular weight excluding hydrogens is 385 g/mol. The normalized spacial score (nSPS) is 20.3. The standard InChI is InChI=1S/C20H23F3N4O2/c1-27-7-2-3-13(10-27)24-19-16-11-29-8-6-14(16)18(25-26-19)15-5-4-12(9-17(15)28)20(21,22)23/h4-5,9,13,28H,2-3,6-8,10-11H2,1H3,(H,24,26)/t13-/m1/s1. The van der Waals surface area contributed by atoms with E-state index >= 15 is 0 Å². The van der Waals surface area contributed by atoms with Crippen molar-refractivity contribution in [1.29, 1.82) is 0 Å². The monoisotopic (exact) mass is 408 g/mol. The van der Waals surface area contributed by atoms with Gasteiger partial charge in [-0.2, -0.15) is 13.2 Å². The maximum absolute atomic E-state index is 12.9. The molecule has 6 nitrogen and oxygen atoms in total. The molecule has 2 aromatic rings. The number of likely N-dealkylation sites (N-methyl/N-ethyl adjacent to an activating group) is 1. The molecule has 3 heterocycles. The summed E-state index contributed by atoms with van der Waals surface area (Å²) < 4.78 is 44.3. The lowest BCUT2D eigenvalue weighted by molar-refractivity contribution is -0.137. The number of hydrogen-bond acceptors (Lipinski definition) is 6. The van der Waals surface area contributed by atoms with Crippen LogP contribution in [-0.2, 0) is 23.9 Å². The van der Waals surface area contributed by atoms with Crippen molar-refractivity contribution >= 4 is 5.82 Å². The Hall–Kier alpha value is -2.39. The number of fused-ring (bicyclic) bond motifs is 1. The number of phenols is 1. The Morgan fingerprint density at radius 1 is 1.24 bits per heavy atom. The number of phenolic OH excluding ortho intramolecular Hbond substituents is 1. The summed E-state index contributed by atoms with van der Waals surface area (Å²) in [5, 5.41) is 22.3. The lowest BCUT2D eigenvalue weighted by atomic mass is 9.96. The zero-order valence-corrected chi connectivity index (χ0v) is 16.1. The van der Waals surface area contributed by atoms with E-state index in [1.165, 1.54) is 6.07 Å². The van der Waals surface area contributed by atoms with E-state index < -0.39 is 17.5 Å². The van der Waals surface area contributed by atoms with Gasteiger partial charge in [-0.1, -0.05) is 0 Å². The number of piperidine rings is 1. The Bertz CT molecular complexity index is 904. The van der Waals surface area contributed by atoms with Gasteiger partial charge in [0.25, 0.3) is 0 Å². The number of rotatable bonds is 3. The first-order chi connectivity index (χ1) is 13.8. The second kappa shape index (κ2) is 7.79. The fourth-order valence-electron chi connectivity index (χ4n) is 4.00. The fourth-order valence-corrected chi connectivity index (χ4v) is 4.00. The quantitative estimate of drug-likeness (QED) is 0.811. The van der Waals surface area contributed by atoms with Crippen molar-refractivity contribution in [2.45, 2.75) is 38.1 Å². The fraction of sp³-hybridized carbons (Fsp3) is 0.500. The van der Waals surface area contributed by atoms with Gasteiger partial charge in [0, 0.05) is 23.7 Å². The number of aromatic hydroxyl groups is 1. The maximum atomic E-state index is 12.9. The molecule has 1 saturated heterocycles. The second-order valence-electron chi connectivity index (χ2n) is 7.63. The first-order valence-corrected chi connectivity index (χ1v) is 9.65. The molecule has 2 aliphatic rings. The Morgan fingerprint density at radius 2 is 2.07 bits per heavy atom. The molecule has 1 atom stereocenters. The van der Waals surface area contributed by atoms with Crippen LogP contribution in [0.5, 0.6) is 5.75 Å². The lowest BCUT2D eigenvalue weighted by Crippen LogP contribution is -2.40. The van der Waals surface area contributed by atoms with Crippen LogP contribution >= 0.6 is 0 Å². The van der Waals surface area contributed by atoms with Crippen LogP contribution in [0.2, 0.25) is 0 Å². The van der Waals surface area contributed by atoms with Gasteiger partial charge in [0.2, 0.25) is 0 Å². The van der Waals surface area contributed by atoms with E-state index in [-0.39, 0.29) is 11.6 Å². The predicted molar refractivity (Wildman–Crippen MR) is 102 cm³/mol. The van der Waals surface area contributed by atoms with E-state index in [4.69, 9.17) is 4.74 Å². The van der Waals surface area contributed by atoms with Crippen LogP contribution < -0.4 is 5.32 Å². The van der Waals surface area contributed by atoms with Crippen molar-refractivity contribution in [2.24, 2.45) is 0 Å². The van der Waals surface area contributed by atoms with E-state index in [1.54, 1.807) is 0 Å². The van der Waals surface area contributed by atoms with Gasteiger partial charge in [-0.05, 0) is 56.6 Å². The van der Waals surface area contributed by atoms with Gasteiger partial charge in [0.1, 0.15) is 11.4 Å². The minimum absolute atomic E-state index is 0.243. The highest BCUT2D eigenvalue weighted by atomic mass is 19.4. The maximum Gasteiger partial charge on any atom is 0.416 e. The second-order valence-corrected chi connectivity index (χ2v) is 7.63. The van der Waals surface area contributed by atoms with Gasteiger partial charge in [-0.15, -0.1) is 10.2 Å². The van der Waals surface area contributed by atoms with Gasteiger partial charge in [0.05, 0.1) is 18.8 Å². The Morgan fingerprint density at radius 3 is 2.79 bits per heavy atom. The van der Waals surface area contributed by atoms with Crippen LogP contribution in [0.15, 0.2) is 18.2 Å². The number of benzene rings is 1. The minimum atomic E-state index is -4.52. The number of nitrogens with zero attached hydrogens (tertiary/aromatic N) is 3. The van der Waals surface area contributed by atoms with Gasteiger partial charge in [-0.25, -0.2) is 0 Å². The van der Waals surface area contributed by atoms with E-state index in [0.717, 1.165) is 49.2 Å². The summed E-state index contributed by atoms with van der Waals surface area (Å²) in [5.74, 6) is 0.188. The van der Waals surface area contributed by atoms with Gasteiger partial charge in [0.15, 0.2) is 5.82 Å². The highest BCUT2D eigenvalue weighted by Crippen LogP contribution is 2.39. The summed E-state index contributed by atoms with van der Waals surface area (Å²) in [7, 11) is 2.08.